The van der Waals surface area contributed by atoms with Crippen LogP contribution in [0.5, 0.6) is 0 Å². The zero-order chi connectivity index (χ0) is 15.4. The van der Waals surface area contributed by atoms with Gasteiger partial charge in [-0.2, -0.15) is 0 Å². The highest BCUT2D eigenvalue weighted by Crippen LogP contribution is 1.97. The molecule has 0 aromatic carbocycles. The smallest absolute Gasteiger partial charge is 0.213 e. The third kappa shape index (κ3) is 8.83. The van der Waals surface area contributed by atoms with Crippen LogP contribution in [-0.4, -0.2) is 59.9 Å². The highest BCUT2D eigenvalue weighted by atomic mass is 16.3. The van der Waals surface area contributed by atoms with Crippen LogP contribution in [0.15, 0.2) is 0 Å². The second-order valence-corrected chi connectivity index (χ2v) is 4.41. The van der Waals surface area contributed by atoms with Gasteiger partial charge in [-0.1, -0.05) is 6.42 Å². The quantitative estimate of drug-likeness (QED) is 0.110. The number of hydrogen-bond donors (Lipinski definition) is 5. The minimum absolute atomic E-state index is 0.280. The van der Waals surface area contributed by atoms with Crippen molar-refractivity contribution in [1.82, 2.24) is 10.9 Å². The predicted octanol–water partition coefficient (Wildman–Crippen LogP) is -2.34. The van der Waals surface area contributed by atoms with Gasteiger partial charge in [-0.25, -0.2) is 10.9 Å². The maximum atomic E-state index is 11.4. The first-order valence-electron chi connectivity index (χ1n) is 6.53. The molecule has 0 aromatic heterocycles. The summed E-state index contributed by atoms with van der Waals surface area (Å²) in [6.45, 7) is -0.295. The molecule has 0 saturated carbocycles. The summed E-state index contributed by atoms with van der Waals surface area (Å²) in [4.78, 5) is 33.4. The lowest BCUT2D eigenvalue weighted by atomic mass is 10.1. The number of aliphatic hydroxyl groups excluding tert-OH is 2. The Hall–Kier alpha value is -1.19. The van der Waals surface area contributed by atoms with Crippen molar-refractivity contribution < 1.29 is 24.6 Å². The molecule has 0 spiro atoms. The summed E-state index contributed by atoms with van der Waals surface area (Å²) in [5.41, 5.74) is 10.5. The highest BCUT2D eigenvalue weighted by Gasteiger charge is 2.17. The Morgan fingerprint density at radius 2 is 1.95 bits per heavy atom. The minimum Gasteiger partial charge on any atom is -0.394 e. The number of aldehydes is 1. The van der Waals surface area contributed by atoms with Crippen LogP contribution in [0.3, 0.4) is 0 Å². The van der Waals surface area contributed by atoms with Crippen LogP contribution in [-0.2, 0) is 14.4 Å². The summed E-state index contributed by atoms with van der Waals surface area (Å²) >= 11 is 0. The average molecular weight is 289 g/mol. The van der Waals surface area contributed by atoms with Crippen molar-refractivity contribution in [3.05, 3.63) is 0 Å². The van der Waals surface area contributed by atoms with Gasteiger partial charge in [0, 0.05) is 6.42 Å². The van der Waals surface area contributed by atoms with Crippen molar-refractivity contribution in [2.24, 2.45) is 5.73 Å². The lowest BCUT2D eigenvalue weighted by Gasteiger charge is -2.13. The Morgan fingerprint density at radius 1 is 1.25 bits per heavy atom. The molecule has 0 amide bonds. The van der Waals surface area contributed by atoms with E-state index in [2.05, 4.69) is 10.9 Å². The van der Waals surface area contributed by atoms with Gasteiger partial charge in [0.2, 0.25) is 11.6 Å². The van der Waals surface area contributed by atoms with Crippen molar-refractivity contribution >= 4 is 17.9 Å². The summed E-state index contributed by atoms with van der Waals surface area (Å²) in [5.74, 6) is -1.50. The van der Waals surface area contributed by atoms with Gasteiger partial charge in [0.1, 0.15) is 6.29 Å². The molecule has 0 aliphatic rings. The van der Waals surface area contributed by atoms with E-state index in [0.717, 1.165) is 12.8 Å². The lowest BCUT2D eigenvalue weighted by molar-refractivity contribution is -0.137. The number of hydrogen-bond acceptors (Lipinski definition) is 8. The van der Waals surface area contributed by atoms with Crippen molar-refractivity contribution in [1.29, 1.82) is 0 Å². The number of unbranched alkanes of at least 4 members (excludes halogenated alkanes) is 1. The molecule has 0 aliphatic carbocycles. The summed E-state index contributed by atoms with van der Waals surface area (Å²) in [7, 11) is 0. The van der Waals surface area contributed by atoms with E-state index in [0.29, 0.717) is 19.3 Å². The average Bonchev–Trinajstić information content (AvgIpc) is 2.45. The number of rotatable bonds is 13. The molecular formula is C12H23N3O5. The van der Waals surface area contributed by atoms with Crippen molar-refractivity contribution in [3.63, 3.8) is 0 Å². The van der Waals surface area contributed by atoms with E-state index in [9.17, 15) is 14.4 Å². The predicted molar refractivity (Wildman–Crippen MR) is 71.6 cm³/mol. The molecule has 0 aliphatic heterocycles. The molecule has 8 nitrogen and oxygen atoms in total. The van der Waals surface area contributed by atoms with E-state index < -0.39 is 36.7 Å². The largest absolute Gasteiger partial charge is 0.394 e. The van der Waals surface area contributed by atoms with Crippen molar-refractivity contribution in [2.45, 2.75) is 37.8 Å². The van der Waals surface area contributed by atoms with E-state index in [4.69, 9.17) is 15.9 Å². The van der Waals surface area contributed by atoms with Crippen LogP contribution < -0.4 is 16.6 Å². The fourth-order valence-corrected chi connectivity index (χ4v) is 1.44. The summed E-state index contributed by atoms with van der Waals surface area (Å²) in [6, 6.07) is -0.451. The number of carbonyl (C=O) groups excluding carboxylic acids is 3. The number of ketones is 2. The van der Waals surface area contributed by atoms with Gasteiger partial charge in [-0.05, 0) is 19.4 Å². The normalized spacial score (nSPS) is 13.8. The Morgan fingerprint density at radius 3 is 2.50 bits per heavy atom. The molecule has 0 aromatic rings. The first-order valence-corrected chi connectivity index (χ1v) is 6.53. The number of nitrogens with one attached hydrogen (secondary N) is 2. The molecule has 0 heterocycles. The molecule has 116 valence electrons. The van der Waals surface area contributed by atoms with Crippen molar-refractivity contribution in [3.8, 4) is 0 Å². The fraction of sp³-hybridized carbons (Fsp3) is 0.750. The monoisotopic (exact) mass is 289 g/mol. The van der Waals surface area contributed by atoms with Gasteiger partial charge in [0.25, 0.3) is 0 Å². The second-order valence-electron chi connectivity index (χ2n) is 4.41. The van der Waals surface area contributed by atoms with E-state index in [1.54, 1.807) is 0 Å². The van der Waals surface area contributed by atoms with Crippen LogP contribution >= 0.6 is 0 Å². The SMILES string of the molecule is NCCCC[C@H](C=O)NNCC(=O)C(=O)CC(O)CO. The molecule has 0 saturated heterocycles. The summed E-state index contributed by atoms with van der Waals surface area (Å²) in [6.07, 6.45) is 1.25. The molecule has 2 atom stereocenters. The zero-order valence-electron chi connectivity index (χ0n) is 11.4. The van der Waals surface area contributed by atoms with Crippen molar-refractivity contribution in [2.75, 3.05) is 19.7 Å². The Balaban J connectivity index is 3.87. The van der Waals surface area contributed by atoms with E-state index in [-0.39, 0.29) is 6.54 Å². The molecule has 0 bridgehead atoms. The van der Waals surface area contributed by atoms with Gasteiger partial charge >= 0.3 is 0 Å². The molecule has 0 radical (unpaired) electrons. The number of carbonyl (C=O) groups is 3. The van der Waals surface area contributed by atoms with E-state index in [1.165, 1.54) is 0 Å². The standard InChI is InChI=1S/C12H23N3O5/c13-4-2-1-3-9(7-16)15-14-6-12(20)11(19)5-10(18)8-17/h7,9-10,14-15,17-18H,1-6,8,13H2/t9-,10?/m1/s1. The molecule has 1 unspecified atom stereocenters. The maximum Gasteiger partial charge on any atom is 0.213 e. The van der Waals surface area contributed by atoms with Gasteiger partial charge in [-0.3, -0.25) is 9.59 Å². The number of aliphatic hydroxyl groups is 2. The Bertz CT molecular complexity index is 311. The molecule has 0 rings (SSSR count). The van der Waals surface area contributed by atoms with Gasteiger partial charge in [0.15, 0.2) is 0 Å². The van der Waals surface area contributed by atoms with Crippen LogP contribution in [0, 0.1) is 0 Å². The molecule has 0 fully saturated rings. The first kappa shape index (κ1) is 18.8. The highest BCUT2D eigenvalue weighted by molar-refractivity contribution is 6.38. The Kier molecular flexibility index (Phi) is 10.9. The molecule has 8 heteroatoms. The first-order chi connectivity index (χ1) is 9.54. The van der Waals surface area contributed by atoms with E-state index in [1.807, 2.05) is 0 Å². The Labute approximate surface area is 117 Å². The minimum atomic E-state index is -1.22. The fourth-order valence-electron chi connectivity index (χ4n) is 1.44. The zero-order valence-corrected chi connectivity index (χ0v) is 11.4. The van der Waals surface area contributed by atoms with Crippen LogP contribution in [0.1, 0.15) is 25.7 Å². The maximum absolute atomic E-state index is 11.4. The summed E-state index contributed by atoms with van der Waals surface area (Å²) in [5, 5.41) is 17.6. The van der Waals surface area contributed by atoms with Gasteiger partial charge < -0.3 is 20.7 Å². The molecular weight excluding hydrogens is 266 g/mol. The topological polar surface area (TPSA) is 142 Å². The summed E-state index contributed by atoms with van der Waals surface area (Å²) < 4.78 is 0. The second kappa shape index (κ2) is 11.6. The van der Waals surface area contributed by atoms with E-state index >= 15 is 0 Å². The van der Waals surface area contributed by atoms with Crippen LogP contribution in [0.2, 0.25) is 0 Å². The number of hydrazine groups is 1. The third-order valence-corrected chi connectivity index (χ3v) is 2.61. The molecule has 6 N–H and O–H groups in total. The number of Topliss-reactive ketones (excluding diaryl/α,β-unsaturated/α-hetero) is 2. The number of nitrogens with two attached hydrogens (primary N) is 1. The molecule has 20 heavy (non-hydrogen) atoms. The third-order valence-electron chi connectivity index (χ3n) is 2.61. The lowest BCUT2D eigenvalue weighted by Crippen LogP contribution is -2.45. The van der Waals surface area contributed by atoms with Gasteiger partial charge in [-0.15, -0.1) is 0 Å². The van der Waals surface area contributed by atoms with Crippen LogP contribution in [0.4, 0.5) is 0 Å². The van der Waals surface area contributed by atoms with Gasteiger partial charge in [0.05, 0.1) is 25.3 Å². The van der Waals surface area contributed by atoms with Crippen LogP contribution in [0.25, 0.3) is 0 Å².